The van der Waals surface area contributed by atoms with E-state index in [1.807, 2.05) is 0 Å². The van der Waals surface area contributed by atoms with Gasteiger partial charge < -0.3 is 10.6 Å². The lowest BCUT2D eigenvalue weighted by Crippen LogP contribution is -2.33. The number of hydrogen-bond donors (Lipinski definition) is 2. The second-order valence-electron chi connectivity index (χ2n) is 3.30. The highest BCUT2D eigenvalue weighted by Crippen LogP contribution is 2.29. The summed E-state index contributed by atoms with van der Waals surface area (Å²) in [5.74, 6) is -0.823. The Morgan fingerprint density at radius 3 is 2.83 bits per heavy atom. The van der Waals surface area contributed by atoms with Gasteiger partial charge in [0.2, 0.25) is 5.91 Å². The van der Waals surface area contributed by atoms with Crippen LogP contribution in [-0.2, 0) is 9.63 Å². The van der Waals surface area contributed by atoms with Crippen LogP contribution >= 0.6 is 34.8 Å². The van der Waals surface area contributed by atoms with Gasteiger partial charge in [-0.25, -0.2) is 0 Å². The lowest BCUT2D eigenvalue weighted by Gasteiger charge is -2.12. The number of benzene rings is 1. The fourth-order valence-corrected chi connectivity index (χ4v) is 1.79. The number of carbonyl (C=O) groups excluding carboxylic acids is 1. The van der Waals surface area contributed by atoms with Gasteiger partial charge in [0, 0.05) is 5.02 Å². The minimum Gasteiger partial charge on any atom is -0.368 e. The Morgan fingerprint density at radius 2 is 2.22 bits per heavy atom. The fourth-order valence-electron chi connectivity index (χ4n) is 1.21. The molecule has 96 valence electrons. The maximum absolute atomic E-state index is 10.9. The highest BCUT2D eigenvalue weighted by molar-refractivity contribution is 6.41. The molecule has 0 bridgehead atoms. The van der Waals surface area contributed by atoms with Gasteiger partial charge in [-0.3, -0.25) is 4.79 Å². The molecular formula is C9H7Cl3N4O2. The molecule has 1 atom stereocenters. The first-order valence-electron chi connectivity index (χ1n) is 4.68. The van der Waals surface area contributed by atoms with Crippen molar-refractivity contribution in [2.45, 2.75) is 5.38 Å². The van der Waals surface area contributed by atoms with Crippen molar-refractivity contribution in [3.8, 4) is 0 Å². The van der Waals surface area contributed by atoms with Crippen molar-refractivity contribution >= 4 is 52.3 Å². The van der Waals surface area contributed by atoms with Crippen LogP contribution in [0, 0.1) is 0 Å². The first kappa shape index (κ1) is 13.2. The number of primary amides is 1. The van der Waals surface area contributed by atoms with Crippen molar-refractivity contribution in [3.05, 3.63) is 28.2 Å². The van der Waals surface area contributed by atoms with E-state index in [1.54, 1.807) is 18.2 Å². The number of hydrogen-bond acceptors (Lipinski definition) is 5. The number of halogens is 3. The molecular weight excluding hydrogens is 302 g/mol. The second kappa shape index (κ2) is 5.19. The van der Waals surface area contributed by atoms with E-state index in [9.17, 15) is 4.79 Å². The minimum atomic E-state index is -1.16. The highest BCUT2D eigenvalue weighted by Gasteiger charge is 2.28. The zero-order chi connectivity index (χ0) is 13.3. The zero-order valence-corrected chi connectivity index (χ0v) is 11.0. The Morgan fingerprint density at radius 1 is 1.50 bits per heavy atom. The van der Waals surface area contributed by atoms with E-state index in [-0.39, 0.29) is 5.90 Å². The number of rotatable bonds is 3. The van der Waals surface area contributed by atoms with E-state index in [1.165, 1.54) is 5.12 Å². The van der Waals surface area contributed by atoms with Crippen LogP contribution in [0.5, 0.6) is 0 Å². The number of hydrazine groups is 1. The predicted octanol–water partition coefficient (Wildman–Crippen LogP) is 1.66. The Labute approximate surface area is 117 Å². The third kappa shape index (κ3) is 2.62. The van der Waals surface area contributed by atoms with E-state index in [2.05, 4.69) is 10.7 Å². The third-order valence-corrected chi connectivity index (χ3v) is 2.98. The molecule has 1 amide bonds. The second-order valence-corrected chi connectivity index (χ2v) is 4.58. The molecule has 1 heterocycles. The number of nitrogens with one attached hydrogen (secondary N) is 1. The van der Waals surface area contributed by atoms with Gasteiger partial charge in [-0.2, -0.15) is 5.12 Å². The Balaban J connectivity index is 2.24. The SMILES string of the molecule is NC(=O)C(Cl)C1=NN(c2ccc(Cl)cc2Cl)NO1. The third-order valence-electron chi connectivity index (χ3n) is 2.04. The van der Waals surface area contributed by atoms with E-state index >= 15 is 0 Å². The topological polar surface area (TPSA) is 80.0 Å². The van der Waals surface area contributed by atoms with Gasteiger partial charge in [-0.15, -0.1) is 16.7 Å². The summed E-state index contributed by atoms with van der Waals surface area (Å²) in [7, 11) is 0. The molecule has 0 radical (unpaired) electrons. The molecule has 9 heteroatoms. The molecule has 1 aromatic rings. The highest BCUT2D eigenvalue weighted by atomic mass is 35.5. The predicted molar refractivity (Wildman–Crippen MR) is 69.4 cm³/mol. The Kier molecular flexibility index (Phi) is 3.82. The number of nitrogens with zero attached hydrogens (tertiary/aromatic N) is 2. The quantitative estimate of drug-likeness (QED) is 0.832. The lowest BCUT2D eigenvalue weighted by atomic mass is 10.3. The lowest BCUT2D eigenvalue weighted by molar-refractivity contribution is -0.116. The molecule has 0 aliphatic carbocycles. The van der Waals surface area contributed by atoms with E-state index in [0.29, 0.717) is 15.7 Å². The number of amides is 1. The molecule has 3 N–H and O–H groups in total. The van der Waals surface area contributed by atoms with Crippen molar-refractivity contribution < 1.29 is 9.63 Å². The van der Waals surface area contributed by atoms with Crippen LogP contribution in [-0.4, -0.2) is 17.2 Å². The number of anilines is 1. The number of alkyl halides is 1. The van der Waals surface area contributed by atoms with Crippen molar-refractivity contribution in [1.82, 2.24) is 5.59 Å². The van der Waals surface area contributed by atoms with Crippen LogP contribution in [0.1, 0.15) is 0 Å². The van der Waals surface area contributed by atoms with E-state index in [4.69, 9.17) is 45.4 Å². The van der Waals surface area contributed by atoms with Gasteiger partial charge in [-0.1, -0.05) is 23.2 Å². The summed E-state index contributed by atoms with van der Waals surface area (Å²) in [6, 6.07) is 4.80. The summed E-state index contributed by atoms with van der Waals surface area (Å²) < 4.78 is 0. The normalized spacial score (nSPS) is 16.2. The molecule has 0 saturated heterocycles. The molecule has 0 spiro atoms. The first-order valence-corrected chi connectivity index (χ1v) is 5.88. The molecule has 2 rings (SSSR count). The smallest absolute Gasteiger partial charge is 0.262 e. The van der Waals surface area contributed by atoms with Gasteiger partial charge in [0.25, 0.3) is 5.90 Å². The molecule has 0 fully saturated rings. The maximum Gasteiger partial charge on any atom is 0.262 e. The fraction of sp³-hybridized carbons (Fsp3) is 0.111. The van der Waals surface area contributed by atoms with Gasteiger partial charge in [0.15, 0.2) is 5.38 Å². The standard InChI is InChI=1S/C9H7Cl3N4O2/c10-4-1-2-6(5(11)3-4)16-14-9(18-15-16)7(12)8(13)17/h1-3,7,15H,(H2,13,17). The van der Waals surface area contributed by atoms with E-state index < -0.39 is 11.3 Å². The largest absolute Gasteiger partial charge is 0.368 e. The molecule has 0 aromatic heterocycles. The Hall–Kier alpha value is -1.21. The first-order chi connectivity index (χ1) is 8.49. The number of carbonyl (C=O) groups is 1. The molecule has 1 unspecified atom stereocenters. The average Bonchev–Trinajstić information content (AvgIpc) is 2.77. The van der Waals surface area contributed by atoms with Crippen LogP contribution in [0.2, 0.25) is 10.0 Å². The van der Waals surface area contributed by atoms with Crippen molar-refractivity contribution in [2.75, 3.05) is 5.12 Å². The molecule has 18 heavy (non-hydrogen) atoms. The maximum atomic E-state index is 10.9. The van der Waals surface area contributed by atoms with Gasteiger partial charge in [-0.05, 0) is 23.8 Å². The summed E-state index contributed by atoms with van der Waals surface area (Å²) in [4.78, 5) is 15.8. The van der Waals surface area contributed by atoms with Crippen LogP contribution in [0.15, 0.2) is 23.3 Å². The number of nitrogens with two attached hydrogens (primary N) is 1. The molecule has 6 nitrogen and oxygen atoms in total. The summed E-state index contributed by atoms with van der Waals surface area (Å²) in [5, 5.41) is 4.82. The molecule has 1 aliphatic rings. The van der Waals surface area contributed by atoms with Crippen LogP contribution < -0.4 is 16.4 Å². The zero-order valence-electron chi connectivity index (χ0n) is 8.73. The molecule has 1 aromatic carbocycles. The van der Waals surface area contributed by atoms with Gasteiger partial charge in [0.05, 0.1) is 5.02 Å². The summed E-state index contributed by atoms with van der Waals surface area (Å²) in [6.45, 7) is 0. The van der Waals surface area contributed by atoms with Crippen molar-refractivity contribution in [3.63, 3.8) is 0 Å². The summed E-state index contributed by atoms with van der Waals surface area (Å²) in [6.07, 6.45) is 0. The van der Waals surface area contributed by atoms with Crippen LogP contribution in [0.4, 0.5) is 5.69 Å². The molecule has 1 aliphatic heterocycles. The van der Waals surface area contributed by atoms with Gasteiger partial charge >= 0.3 is 0 Å². The summed E-state index contributed by atoms with van der Waals surface area (Å²) in [5.41, 5.74) is 7.95. The Bertz CT molecular complexity index is 523. The minimum absolute atomic E-state index is 0.0600. The monoisotopic (exact) mass is 308 g/mol. The average molecular weight is 310 g/mol. The number of hydrazone groups is 1. The summed E-state index contributed by atoms with van der Waals surface area (Å²) >= 11 is 17.4. The van der Waals surface area contributed by atoms with Crippen LogP contribution in [0.25, 0.3) is 0 Å². The van der Waals surface area contributed by atoms with Crippen LogP contribution in [0.3, 0.4) is 0 Å². The van der Waals surface area contributed by atoms with Gasteiger partial charge in [0.1, 0.15) is 5.69 Å². The van der Waals surface area contributed by atoms with Crippen molar-refractivity contribution in [1.29, 1.82) is 0 Å². The van der Waals surface area contributed by atoms with Crippen molar-refractivity contribution in [2.24, 2.45) is 10.8 Å². The molecule has 0 saturated carbocycles. The van der Waals surface area contributed by atoms with E-state index in [0.717, 1.165) is 0 Å².